The van der Waals surface area contributed by atoms with Crippen LogP contribution in [-0.2, 0) is 16.4 Å². The molecule has 0 saturated heterocycles. The summed E-state index contributed by atoms with van der Waals surface area (Å²) in [4.78, 5) is 4.15. The first-order chi connectivity index (χ1) is 6.97. The van der Waals surface area contributed by atoms with Crippen LogP contribution in [0.3, 0.4) is 0 Å². The quantitative estimate of drug-likeness (QED) is 0.497. The minimum absolute atomic E-state index is 0.477. The van der Waals surface area contributed by atoms with Gasteiger partial charge in [-0.25, -0.2) is 13.1 Å². The first-order valence-electron chi connectivity index (χ1n) is 4.52. The van der Waals surface area contributed by atoms with Gasteiger partial charge < -0.3 is 0 Å². The fourth-order valence-corrected chi connectivity index (χ4v) is 1.94. The van der Waals surface area contributed by atoms with Gasteiger partial charge in [0.25, 0.3) is 0 Å². The minimum Gasteiger partial charge on any atom is -0.250 e. The van der Waals surface area contributed by atoms with Gasteiger partial charge in [-0.2, -0.15) is 0 Å². The zero-order valence-corrected chi connectivity index (χ0v) is 11.4. The van der Waals surface area contributed by atoms with E-state index in [1.54, 1.807) is 0 Å². The highest BCUT2D eigenvalue weighted by Gasteiger charge is 1.99. The van der Waals surface area contributed by atoms with Crippen LogP contribution in [0.25, 0.3) is 0 Å². The molecule has 1 rings (SSSR count). The average Bonchev–Trinajstić information content (AvgIpc) is 2.14. The van der Waals surface area contributed by atoms with E-state index in [0.29, 0.717) is 6.54 Å². The monoisotopic (exact) mass is 340 g/mol. The third kappa shape index (κ3) is 6.06. The summed E-state index contributed by atoms with van der Waals surface area (Å²) in [6.45, 7) is 0.477. The number of rotatable bonds is 5. The maximum atomic E-state index is 10.8. The van der Waals surface area contributed by atoms with Crippen molar-refractivity contribution in [2.45, 2.75) is 12.8 Å². The Morgan fingerprint density at radius 1 is 1.47 bits per heavy atom. The second-order valence-electron chi connectivity index (χ2n) is 3.26. The van der Waals surface area contributed by atoms with Crippen LogP contribution < -0.4 is 4.72 Å². The molecule has 0 aliphatic heterocycles. The number of halogens is 1. The predicted octanol–water partition coefficient (Wildman–Crippen LogP) is 1.17. The van der Waals surface area contributed by atoms with Crippen LogP contribution in [0.15, 0.2) is 18.3 Å². The topological polar surface area (TPSA) is 59.1 Å². The Labute approximate surface area is 104 Å². The van der Waals surface area contributed by atoms with Crippen LogP contribution in [0.2, 0.25) is 0 Å². The third-order valence-electron chi connectivity index (χ3n) is 1.80. The molecular formula is C9H13IN2O2S. The summed E-state index contributed by atoms with van der Waals surface area (Å²) in [5.74, 6) is 0. The summed E-state index contributed by atoms with van der Waals surface area (Å²) < 4.78 is 24.9. The van der Waals surface area contributed by atoms with E-state index >= 15 is 0 Å². The van der Waals surface area contributed by atoms with E-state index in [9.17, 15) is 8.42 Å². The summed E-state index contributed by atoms with van der Waals surface area (Å²) in [7, 11) is -3.05. The zero-order valence-electron chi connectivity index (χ0n) is 8.40. The number of sulfonamides is 1. The lowest BCUT2D eigenvalue weighted by Gasteiger charge is -2.02. The molecule has 0 unspecified atom stereocenters. The van der Waals surface area contributed by atoms with Crippen molar-refractivity contribution in [1.29, 1.82) is 0 Å². The molecule has 84 valence electrons. The highest BCUT2D eigenvalue weighted by atomic mass is 127. The molecule has 1 aromatic rings. The molecule has 1 aromatic heterocycles. The van der Waals surface area contributed by atoms with Gasteiger partial charge in [0.05, 0.1) is 6.26 Å². The van der Waals surface area contributed by atoms with Gasteiger partial charge in [0.1, 0.15) is 3.70 Å². The molecule has 0 amide bonds. The van der Waals surface area contributed by atoms with Gasteiger partial charge in [-0.05, 0) is 47.1 Å². The predicted molar refractivity (Wildman–Crippen MR) is 68.1 cm³/mol. The number of aryl methyl sites for hydroxylation is 1. The molecule has 4 nitrogen and oxygen atoms in total. The summed E-state index contributed by atoms with van der Waals surface area (Å²) in [6, 6.07) is 3.95. The highest BCUT2D eigenvalue weighted by Crippen LogP contribution is 2.04. The number of nitrogens with one attached hydrogen (secondary N) is 1. The van der Waals surface area contributed by atoms with Gasteiger partial charge in [-0.1, -0.05) is 6.07 Å². The van der Waals surface area contributed by atoms with Crippen LogP contribution in [0.5, 0.6) is 0 Å². The second kappa shape index (κ2) is 5.76. The Bertz CT molecular complexity index is 403. The van der Waals surface area contributed by atoms with Crippen molar-refractivity contribution in [2.75, 3.05) is 12.8 Å². The van der Waals surface area contributed by atoms with E-state index in [0.717, 1.165) is 22.1 Å². The van der Waals surface area contributed by atoms with E-state index in [1.807, 2.05) is 18.3 Å². The molecule has 0 aromatic carbocycles. The van der Waals surface area contributed by atoms with Gasteiger partial charge in [-0.15, -0.1) is 0 Å². The van der Waals surface area contributed by atoms with Crippen molar-refractivity contribution >= 4 is 32.6 Å². The molecule has 1 heterocycles. The van der Waals surface area contributed by atoms with E-state index in [-0.39, 0.29) is 0 Å². The van der Waals surface area contributed by atoms with Gasteiger partial charge in [0, 0.05) is 12.7 Å². The minimum atomic E-state index is -3.05. The number of nitrogens with zero attached hydrogens (tertiary/aromatic N) is 1. The van der Waals surface area contributed by atoms with Crippen molar-refractivity contribution in [2.24, 2.45) is 0 Å². The van der Waals surface area contributed by atoms with E-state index in [2.05, 4.69) is 32.3 Å². The van der Waals surface area contributed by atoms with E-state index in [1.165, 1.54) is 6.26 Å². The van der Waals surface area contributed by atoms with Crippen LogP contribution >= 0.6 is 22.6 Å². The highest BCUT2D eigenvalue weighted by molar-refractivity contribution is 14.1. The SMILES string of the molecule is CS(=O)(=O)NCCCc1ccc(I)nc1. The molecular weight excluding hydrogens is 327 g/mol. The van der Waals surface area contributed by atoms with Gasteiger partial charge in [-0.3, -0.25) is 4.98 Å². The third-order valence-corrected chi connectivity index (χ3v) is 3.16. The molecule has 0 radical (unpaired) electrons. The lowest BCUT2D eigenvalue weighted by molar-refractivity contribution is 0.585. The first kappa shape index (κ1) is 12.9. The van der Waals surface area contributed by atoms with Crippen LogP contribution in [0, 0.1) is 3.70 Å². The largest absolute Gasteiger partial charge is 0.250 e. The number of hydrogen-bond acceptors (Lipinski definition) is 3. The molecule has 15 heavy (non-hydrogen) atoms. The van der Waals surface area contributed by atoms with Crippen molar-refractivity contribution in [3.63, 3.8) is 0 Å². The summed E-state index contributed by atoms with van der Waals surface area (Å²) >= 11 is 2.15. The second-order valence-corrected chi connectivity index (χ2v) is 6.20. The summed E-state index contributed by atoms with van der Waals surface area (Å²) in [6.07, 6.45) is 4.61. The van der Waals surface area contributed by atoms with Crippen LogP contribution in [0.4, 0.5) is 0 Å². The van der Waals surface area contributed by atoms with Crippen LogP contribution in [-0.4, -0.2) is 26.2 Å². The number of hydrogen-bond donors (Lipinski definition) is 1. The Morgan fingerprint density at radius 2 is 2.20 bits per heavy atom. The van der Waals surface area contributed by atoms with E-state index < -0.39 is 10.0 Å². The molecule has 0 fully saturated rings. The van der Waals surface area contributed by atoms with Crippen molar-refractivity contribution in [3.05, 3.63) is 27.6 Å². The normalized spacial score (nSPS) is 11.6. The molecule has 0 atom stereocenters. The standard InChI is InChI=1S/C9H13IN2O2S/c1-15(13,14)12-6-2-3-8-4-5-9(10)11-7-8/h4-5,7,12H,2-3,6H2,1H3. The lowest BCUT2D eigenvalue weighted by atomic mass is 10.2. The molecule has 0 aliphatic rings. The average molecular weight is 340 g/mol. The number of aromatic nitrogens is 1. The fourth-order valence-electron chi connectivity index (χ4n) is 1.10. The summed E-state index contributed by atoms with van der Waals surface area (Å²) in [5.41, 5.74) is 1.13. The molecule has 1 N–H and O–H groups in total. The van der Waals surface area contributed by atoms with Crippen LogP contribution in [0.1, 0.15) is 12.0 Å². The first-order valence-corrected chi connectivity index (χ1v) is 7.49. The molecule has 6 heteroatoms. The van der Waals surface area contributed by atoms with Gasteiger partial charge >= 0.3 is 0 Å². The maximum Gasteiger partial charge on any atom is 0.208 e. The molecule has 0 bridgehead atoms. The Kier molecular flexibility index (Phi) is 4.94. The Hall–Kier alpha value is -0.210. The van der Waals surface area contributed by atoms with E-state index in [4.69, 9.17) is 0 Å². The Balaban J connectivity index is 2.29. The van der Waals surface area contributed by atoms with Crippen molar-refractivity contribution in [1.82, 2.24) is 9.71 Å². The molecule has 0 saturated carbocycles. The number of pyridine rings is 1. The Morgan fingerprint density at radius 3 is 2.73 bits per heavy atom. The zero-order chi connectivity index (χ0) is 11.3. The molecule has 0 aliphatic carbocycles. The fraction of sp³-hybridized carbons (Fsp3) is 0.444. The maximum absolute atomic E-state index is 10.8. The van der Waals surface area contributed by atoms with Gasteiger partial charge in [0.2, 0.25) is 10.0 Å². The van der Waals surface area contributed by atoms with Crippen molar-refractivity contribution < 1.29 is 8.42 Å². The lowest BCUT2D eigenvalue weighted by Crippen LogP contribution is -2.23. The molecule has 0 spiro atoms. The summed E-state index contributed by atoms with van der Waals surface area (Å²) in [5, 5.41) is 0. The van der Waals surface area contributed by atoms with Gasteiger partial charge in [0.15, 0.2) is 0 Å². The smallest absolute Gasteiger partial charge is 0.208 e. The van der Waals surface area contributed by atoms with Crippen molar-refractivity contribution in [3.8, 4) is 0 Å².